The second kappa shape index (κ2) is 7.67. The molecule has 1 fully saturated rings. The summed E-state index contributed by atoms with van der Waals surface area (Å²) in [7, 11) is 0. The summed E-state index contributed by atoms with van der Waals surface area (Å²) in [6.45, 7) is 14.8. The van der Waals surface area contributed by atoms with Gasteiger partial charge in [0.25, 0.3) is 5.56 Å². The molecule has 0 saturated carbocycles. The molecule has 6 nitrogen and oxygen atoms in total. The highest BCUT2D eigenvalue weighted by Gasteiger charge is 2.31. The average molecular weight is 317 g/mol. The van der Waals surface area contributed by atoms with Crippen LogP contribution in [0.5, 0.6) is 0 Å². The van der Waals surface area contributed by atoms with Gasteiger partial charge in [-0.1, -0.05) is 27.0 Å². The van der Waals surface area contributed by atoms with Gasteiger partial charge >= 0.3 is 0 Å². The summed E-state index contributed by atoms with van der Waals surface area (Å²) in [6, 6.07) is -0.723. The van der Waals surface area contributed by atoms with Crippen LogP contribution >= 0.6 is 0 Å². The van der Waals surface area contributed by atoms with Crippen LogP contribution in [0.3, 0.4) is 0 Å². The highest BCUT2D eigenvalue weighted by molar-refractivity contribution is 5.99. The van der Waals surface area contributed by atoms with E-state index < -0.39 is 11.9 Å². The summed E-state index contributed by atoms with van der Waals surface area (Å²) in [5, 5.41) is 2.25. The number of carbonyl (C=O) groups excluding carboxylic acids is 2. The maximum Gasteiger partial charge on any atom is 0.262 e. The number of piperidine rings is 1. The summed E-state index contributed by atoms with van der Waals surface area (Å²) in [4.78, 5) is 40.2. The first kappa shape index (κ1) is 18.5. The van der Waals surface area contributed by atoms with Gasteiger partial charge in [-0.05, 0) is 31.9 Å². The lowest BCUT2D eigenvalue weighted by Crippen LogP contribution is -2.45. The van der Waals surface area contributed by atoms with Gasteiger partial charge in [0.2, 0.25) is 11.8 Å². The first-order chi connectivity index (χ1) is 10.9. The van der Waals surface area contributed by atoms with Gasteiger partial charge in [0.05, 0.1) is 11.3 Å². The van der Waals surface area contributed by atoms with E-state index in [0.29, 0.717) is 22.7 Å². The number of aryl methyl sites for hydroxylation is 1. The van der Waals surface area contributed by atoms with Crippen LogP contribution in [0.1, 0.15) is 56.7 Å². The van der Waals surface area contributed by atoms with E-state index in [1.165, 1.54) is 10.6 Å². The molecule has 23 heavy (non-hydrogen) atoms. The second-order valence-corrected chi connectivity index (χ2v) is 5.05. The number of hydrogen-bond donors (Lipinski definition) is 1. The van der Waals surface area contributed by atoms with Crippen LogP contribution in [0.25, 0.3) is 11.6 Å². The van der Waals surface area contributed by atoms with Crippen LogP contribution in [-0.4, -0.2) is 21.4 Å². The molecule has 2 rings (SSSR count). The molecule has 1 aromatic heterocycles. The summed E-state index contributed by atoms with van der Waals surface area (Å²) in [5.41, 5.74) is 1.02. The fourth-order valence-electron chi connectivity index (χ4n) is 2.51. The largest absolute Gasteiger partial charge is 0.295 e. The Hall–Kier alpha value is -2.50. The number of carbonyl (C=O) groups is 2. The van der Waals surface area contributed by atoms with E-state index in [4.69, 9.17) is 0 Å². The maximum atomic E-state index is 12.7. The van der Waals surface area contributed by atoms with Crippen molar-refractivity contribution in [2.24, 2.45) is 0 Å². The predicted molar refractivity (Wildman–Crippen MR) is 90.8 cm³/mol. The summed E-state index contributed by atoms with van der Waals surface area (Å²) >= 11 is 0. The first-order valence-electron chi connectivity index (χ1n) is 7.62. The van der Waals surface area contributed by atoms with E-state index in [1.807, 2.05) is 13.8 Å². The van der Waals surface area contributed by atoms with Gasteiger partial charge in [-0.3, -0.25) is 24.3 Å². The van der Waals surface area contributed by atoms with Gasteiger partial charge in [-0.15, -0.1) is 0 Å². The van der Waals surface area contributed by atoms with Crippen molar-refractivity contribution in [1.82, 2.24) is 14.9 Å². The second-order valence-electron chi connectivity index (χ2n) is 5.05. The molecule has 0 aromatic carbocycles. The van der Waals surface area contributed by atoms with Gasteiger partial charge in [-0.25, -0.2) is 4.98 Å². The van der Waals surface area contributed by atoms with Gasteiger partial charge in [0.1, 0.15) is 11.9 Å². The van der Waals surface area contributed by atoms with Crippen molar-refractivity contribution in [3.8, 4) is 0 Å². The Morgan fingerprint density at radius 2 is 1.96 bits per heavy atom. The topological polar surface area (TPSA) is 81.1 Å². The number of aromatic nitrogens is 2. The lowest BCUT2D eigenvalue weighted by atomic mass is 10.0. The minimum absolute atomic E-state index is 0.202. The van der Waals surface area contributed by atoms with Crippen molar-refractivity contribution in [3.63, 3.8) is 0 Å². The highest BCUT2D eigenvalue weighted by atomic mass is 16.2. The quantitative estimate of drug-likeness (QED) is 0.867. The van der Waals surface area contributed by atoms with Crippen molar-refractivity contribution < 1.29 is 9.59 Å². The molecule has 0 bridgehead atoms. The predicted octanol–water partition coefficient (Wildman–Crippen LogP) is 2.23. The van der Waals surface area contributed by atoms with Gasteiger partial charge < -0.3 is 0 Å². The smallest absolute Gasteiger partial charge is 0.262 e. The molecular weight excluding hydrogens is 294 g/mol. The molecule has 1 aliphatic heterocycles. The number of amides is 2. The zero-order valence-corrected chi connectivity index (χ0v) is 14.1. The van der Waals surface area contributed by atoms with Crippen LogP contribution in [0.2, 0.25) is 0 Å². The standard InChI is InChI=1S/C15H17N3O3.C2H6/c1-5-10-13(8(2)3)15(21)18(9(4)16-10)11-6-7-12(19)17-14(11)20;1-2/h5,11H,1-2,6-7H2,3-4H3,(H,17,19,20);1-2H3. The zero-order chi connectivity index (χ0) is 17.7. The van der Waals surface area contributed by atoms with Crippen LogP contribution in [0, 0.1) is 6.92 Å². The van der Waals surface area contributed by atoms with Gasteiger partial charge in [-0.2, -0.15) is 0 Å². The van der Waals surface area contributed by atoms with E-state index in [-0.39, 0.29) is 24.3 Å². The van der Waals surface area contributed by atoms with Crippen molar-refractivity contribution in [3.05, 3.63) is 40.6 Å². The maximum absolute atomic E-state index is 12.7. The molecule has 6 heteroatoms. The molecule has 1 aliphatic rings. The SMILES string of the molecule is C=Cc1nc(C)n(C2CCC(=O)NC2=O)c(=O)c1C(=C)C.CC. The number of nitrogens with zero attached hydrogens (tertiary/aromatic N) is 2. The number of rotatable bonds is 3. The summed E-state index contributed by atoms with van der Waals surface area (Å²) in [5.74, 6) is -0.385. The number of hydrogen-bond acceptors (Lipinski definition) is 4. The normalized spacial score (nSPS) is 17.0. The molecule has 0 radical (unpaired) electrons. The van der Waals surface area contributed by atoms with Crippen molar-refractivity contribution in [2.75, 3.05) is 0 Å². The molecule has 124 valence electrons. The third-order valence-corrected chi connectivity index (χ3v) is 3.46. The van der Waals surface area contributed by atoms with Crippen LogP contribution in [0.15, 0.2) is 18.0 Å². The van der Waals surface area contributed by atoms with E-state index in [0.717, 1.165) is 0 Å². The lowest BCUT2D eigenvalue weighted by Gasteiger charge is -2.25. The molecule has 1 saturated heterocycles. The minimum atomic E-state index is -0.723. The Labute approximate surface area is 135 Å². The van der Waals surface area contributed by atoms with Crippen molar-refractivity contribution in [1.29, 1.82) is 0 Å². The minimum Gasteiger partial charge on any atom is -0.295 e. The molecule has 0 aliphatic carbocycles. The molecule has 2 amide bonds. The third kappa shape index (κ3) is 3.64. The monoisotopic (exact) mass is 317 g/mol. The molecular formula is C17H23N3O3. The van der Waals surface area contributed by atoms with Gasteiger partial charge in [0.15, 0.2) is 0 Å². The molecule has 1 unspecified atom stereocenters. The lowest BCUT2D eigenvalue weighted by molar-refractivity contribution is -0.135. The summed E-state index contributed by atoms with van der Waals surface area (Å²) < 4.78 is 1.33. The van der Waals surface area contributed by atoms with Gasteiger partial charge in [0, 0.05) is 6.42 Å². The van der Waals surface area contributed by atoms with Crippen LogP contribution < -0.4 is 10.9 Å². The Kier molecular flexibility index (Phi) is 6.18. The highest BCUT2D eigenvalue weighted by Crippen LogP contribution is 2.20. The Bertz CT molecular complexity index is 717. The van der Waals surface area contributed by atoms with E-state index in [2.05, 4.69) is 23.5 Å². The van der Waals surface area contributed by atoms with E-state index in [1.54, 1.807) is 13.8 Å². The van der Waals surface area contributed by atoms with E-state index >= 15 is 0 Å². The summed E-state index contributed by atoms with van der Waals surface area (Å²) in [6.07, 6.45) is 1.98. The first-order valence-corrected chi connectivity index (χ1v) is 7.62. The third-order valence-electron chi connectivity index (χ3n) is 3.46. The fourth-order valence-corrected chi connectivity index (χ4v) is 2.51. The fraction of sp³-hybridized carbons (Fsp3) is 0.412. The molecule has 0 spiro atoms. The number of imide groups is 1. The Morgan fingerprint density at radius 3 is 2.43 bits per heavy atom. The van der Waals surface area contributed by atoms with Crippen LogP contribution in [-0.2, 0) is 9.59 Å². The number of allylic oxidation sites excluding steroid dienone is 1. The van der Waals surface area contributed by atoms with Crippen LogP contribution in [0.4, 0.5) is 0 Å². The van der Waals surface area contributed by atoms with Crippen molar-refractivity contribution in [2.45, 2.75) is 46.6 Å². The van der Waals surface area contributed by atoms with E-state index in [9.17, 15) is 14.4 Å². The number of nitrogens with one attached hydrogen (secondary N) is 1. The zero-order valence-electron chi connectivity index (χ0n) is 14.1. The molecule has 1 N–H and O–H groups in total. The average Bonchev–Trinajstić information content (AvgIpc) is 2.50. The Balaban J connectivity index is 0.00000127. The molecule has 1 atom stereocenters. The molecule has 1 aromatic rings. The van der Waals surface area contributed by atoms with Crippen molar-refractivity contribution >= 4 is 23.5 Å². The molecule has 2 heterocycles. The Morgan fingerprint density at radius 1 is 1.35 bits per heavy atom.